The van der Waals surface area contributed by atoms with Crippen molar-refractivity contribution in [3.8, 4) is 0 Å². The fourth-order valence-electron chi connectivity index (χ4n) is 2.81. The van der Waals surface area contributed by atoms with E-state index in [9.17, 15) is 4.79 Å². The Hall–Kier alpha value is -1.18. The second kappa shape index (κ2) is 8.08. The minimum atomic E-state index is 0. The largest absolute Gasteiger partial charge is 0.339 e. The van der Waals surface area contributed by atoms with Gasteiger partial charge in [0, 0.05) is 23.5 Å². The van der Waals surface area contributed by atoms with E-state index in [4.69, 9.17) is 4.52 Å². The van der Waals surface area contributed by atoms with Crippen molar-refractivity contribution in [1.29, 1.82) is 0 Å². The summed E-state index contributed by atoms with van der Waals surface area (Å²) in [5.74, 6) is 1.36. The molecule has 1 atom stereocenters. The number of aromatic nitrogens is 3. The lowest BCUT2D eigenvalue weighted by atomic mass is 10.1. The molecule has 128 valence electrons. The van der Waals surface area contributed by atoms with Crippen LogP contribution in [0.5, 0.6) is 0 Å². The van der Waals surface area contributed by atoms with Gasteiger partial charge in [0.05, 0.1) is 6.04 Å². The zero-order valence-corrected chi connectivity index (χ0v) is 15.1. The fourth-order valence-corrected chi connectivity index (χ4v) is 3.67. The first-order valence-corrected chi connectivity index (χ1v) is 8.69. The predicted octanol–water partition coefficient (Wildman–Crippen LogP) is 2.78. The van der Waals surface area contributed by atoms with E-state index >= 15 is 0 Å². The summed E-state index contributed by atoms with van der Waals surface area (Å²) in [4.78, 5) is 17.5. The van der Waals surface area contributed by atoms with Gasteiger partial charge >= 0.3 is 4.87 Å². The minimum absolute atomic E-state index is 0. The first-order chi connectivity index (χ1) is 10.6. The maximum Gasteiger partial charge on any atom is 0.307 e. The summed E-state index contributed by atoms with van der Waals surface area (Å²) in [7, 11) is 0. The average Bonchev–Trinajstić information content (AvgIpc) is 2.92. The van der Waals surface area contributed by atoms with Crippen molar-refractivity contribution < 1.29 is 4.52 Å². The third-order valence-electron chi connectivity index (χ3n) is 4.28. The molecular formula is C15H23ClN4O2S. The molecule has 0 aromatic carbocycles. The number of rotatable bonds is 4. The van der Waals surface area contributed by atoms with Crippen molar-refractivity contribution in [1.82, 2.24) is 20.0 Å². The highest BCUT2D eigenvalue weighted by molar-refractivity contribution is 7.09. The molecule has 2 aromatic heterocycles. The number of aryl methyl sites for hydroxylation is 2. The van der Waals surface area contributed by atoms with Gasteiger partial charge in [0.2, 0.25) is 5.89 Å². The minimum Gasteiger partial charge on any atom is -0.339 e. The molecule has 1 aliphatic rings. The molecule has 8 heteroatoms. The van der Waals surface area contributed by atoms with Crippen LogP contribution in [0.4, 0.5) is 0 Å². The molecular weight excluding hydrogens is 336 g/mol. The fraction of sp³-hybridized carbons (Fsp3) is 0.667. The van der Waals surface area contributed by atoms with Crippen molar-refractivity contribution in [2.45, 2.75) is 58.5 Å². The number of hydrogen-bond acceptors (Lipinski definition) is 6. The van der Waals surface area contributed by atoms with Crippen LogP contribution in [0.2, 0.25) is 0 Å². The van der Waals surface area contributed by atoms with Crippen LogP contribution in [0.1, 0.15) is 54.0 Å². The standard InChI is InChI=1S/C15H22N4O2S.ClH/c1-10-11(2)22-15(20)19(10)9-7-13-17-14(18-21-13)12-6-4-3-5-8-16-12;/h12,16H,3-9H2,1-2H3;1H. The maximum absolute atomic E-state index is 11.9. The summed E-state index contributed by atoms with van der Waals surface area (Å²) in [5.41, 5.74) is 1.03. The highest BCUT2D eigenvalue weighted by atomic mass is 35.5. The van der Waals surface area contributed by atoms with Gasteiger partial charge in [-0.05, 0) is 33.2 Å². The Bertz CT molecular complexity index is 686. The van der Waals surface area contributed by atoms with E-state index in [0.717, 1.165) is 29.4 Å². The molecule has 1 unspecified atom stereocenters. The Morgan fingerprint density at radius 3 is 2.91 bits per heavy atom. The highest BCUT2D eigenvalue weighted by Gasteiger charge is 2.19. The number of thiazole rings is 1. The van der Waals surface area contributed by atoms with Crippen molar-refractivity contribution in [3.63, 3.8) is 0 Å². The lowest BCUT2D eigenvalue weighted by Crippen LogP contribution is -2.21. The molecule has 2 aromatic rings. The first-order valence-electron chi connectivity index (χ1n) is 7.88. The molecule has 23 heavy (non-hydrogen) atoms. The van der Waals surface area contributed by atoms with Gasteiger partial charge in [-0.2, -0.15) is 4.98 Å². The highest BCUT2D eigenvalue weighted by Crippen LogP contribution is 2.20. The summed E-state index contributed by atoms with van der Waals surface area (Å²) < 4.78 is 7.14. The molecule has 0 saturated carbocycles. The van der Waals surface area contributed by atoms with Gasteiger partial charge in [-0.3, -0.25) is 4.79 Å². The van der Waals surface area contributed by atoms with Crippen LogP contribution in [-0.4, -0.2) is 21.3 Å². The molecule has 0 amide bonds. The summed E-state index contributed by atoms with van der Waals surface area (Å²) in [6.07, 6.45) is 5.32. The first kappa shape index (κ1) is 18.2. The summed E-state index contributed by atoms with van der Waals surface area (Å²) in [5, 5.41) is 7.58. The summed E-state index contributed by atoms with van der Waals surface area (Å²) in [6.45, 7) is 5.55. The van der Waals surface area contributed by atoms with Crippen molar-refractivity contribution in [2.24, 2.45) is 0 Å². The van der Waals surface area contributed by atoms with E-state index < -0.39 is 0 Å². The normalized spacial score (nSPS) is 18.4. The third kappa shape index (κ3) is 4.22. The third-order valence-corrected chi connectivity index (χ3v) is 5.28. The van der Waals surface area contributed by atoms with E-state index in [-0.39, 0.29) is 23.3 Å². The monoisotopic (exact) mass is 358 g/mol. The molecule has 3 rings (SSSR count). The Morgan fingerprint density at radius 1 is 1.35 bits per heavy atom. The van der Waals surface area contributed by atoms with Gasteiger partial charge in [0.25, 0.3) is 0 Å². The number of hydrogen-bond donors (Lipinski definition) is 1. The second-order valence-corrected chi connectivity index (χ2v) is 6.98. The van der Waals surface area contributed by atoms with Crippen LogP contribution in [0.15, 0.2) is 9.32 Å². The van der Waals surface area contributed by atoms with Crippen molar-refractivity contribution in [2.75, 3.05) is 6.54 Å². The average molecular weight is 359 g/mol. The van der Waals surface area contributed by atoms with Crippen molar-refractivity contribution in [3.05, 3.63) is 32.0 Å². The van der Waals surface area contributed by atoms with E-state index in [2.05, 4.69) is 15.5 Å². The van der Waals surface area contributed by atoms with Crippen molar-refractivity contribution >= 4 is 23.7 Å². The second-order valence-electron chi connectivity index (χ2n) is 5.81. The Balaban J connectivity index is 0.00000192. The molecule has 0 aliphatic carbocycles. The summed E-state index contributed by atoms with van der Waals surface area (Å²) in [6, 6.07) is 0.202. The van der Waals surface area contributed by atoms with Crippen LogP contribution in [0, 0.1) is 13.8 Å². The molecule has 3 heterocycles. The molecule has 1 saturated heterocycles. The number of halogens is 1. The smallest absolute Gasteiger partial charge is 0.307 e. The molecule has 1 aliphatic heterocycles. The zero-order valence-electron chi connectivity index (χ0n) is 13.5. The van der Waals surface area contributed by atoms with E-state index in [1.807, 2.05) is 13.8 Å². The Kier molecular flexibility index (Phi) is 6.38. The maximum atomic E-state index is 11.9. The van der Waals surface area contributed by atoms with E-state index in [0.29, 0.717) is 18.9 Å². The van der Waals surface area contributed by atoms with Crippen LogP contribution in [0.25, 0.3) is 0 Å². The van der Waals surface area contributed by atoms with Gasteiger partial charge in [0.1, 0.15) is 0 Å². The van der Waals surface area contributed by atoms with Crippen LogP contribution < -0.4 is 10.2 Å². The quantitative estimate of drug-likeness (QED) is 0.909. The van der Waals surface area contributed by atoms with Gasteiger partial charge in [-0.1, -0.05) is 29.3 Å². The van der Waals surface area contributed by atoms with Crippen LogP contribution >= 0.6 is 23.7 Å². The zero-order chi connectivity index (χ0) is 15.5. The summed E-state index contributed by atoms with van der Waals surface area (Å²) >= 11 is 1.29. The Labute approximate surface area is 145 Å². The topological polar surface area (TPSA) is 73.0 Å². The number of nitrogens with one attached hydrogen (secondary N) is 1. The molecule has 1 fully saturated rings. The molecule has 0 bridgehead atoms. The number of nitrogens with zero attached hydrogens (tertiary/aromatic N) is 3. The molecule has 0 radical (unpaired) electrons. The van der Waals surface area contributed by atoms with Gasteiger partial charge < -0.3 is 14.4 Å². The SMILES string of the molecule is Cc1sc(=O)n(CCc2nc(C3CCCCCN3)no2)c1C.Cl. The molecule has 1 N–H and O–H groups in total. The van der Waals surface area contributed by atoms with E-state index in [1.165, 1.54) is 30.6 Å². The molecule has 0 spiro atoms. The van der Waals surface area contributed by atoms with Gasteiger partial charge in [-0.25, -0.2) is 0 Å². The van der Waals surface area contributed by atoms with Gasteiger partial charge in [0.15, 0.2) is 5.82 Å². The molecule has 6 nitrogen and oxygen atoms in total. The lowest BCUT2D eigenvalue weighted by molar-refractivity contribution is 0.358. The lowest BCUT2D eigenvalue weighted by Gasteiger charge is -2.09. The van der Waals surface area contributed by atoms with Crippen LogP contribution in [-0.2, 0) is 13.0 Å². The van der Waals surface area contributed by atoms with Gasteiger partial charge in [-0.15, -0.1) is 12.4 Å². The van der Waals surface area contributed by atoms with Crippen LogP contribution in [0.3, 0.4) is 0 Å². The Morgan fingerprint density at radius 2 is 2.17 bits per heavy atom. The predicted molar refractivity (Wildman–Crippen MR) is 92.5 cm³/mol. The van der Waals surface area contributed by atoms with E-state index in [1.54, 1.807) is 4.57 Å².